The lowest BCUT2D eigenvalue weighted by Gasteiger charge is -2.16. The molecule has 3 heteroatoms. The second-order valence-electron chi connectivity index (χ2n) is 3.10. The standard InChI is InChI=1S/C11H13ClNO/c1-3-5-11(14)13(2)10-7-4-6-9(12)8-10/h4,7-8H,3,5H2,1-2H3. The van der Waals surface area contributed by atoms with Gasteiger partial charge in [0.05, 0.1) is 5.02 Å². The van der Waals surface area contributed by atoms with Gasteiger partial charge in [-0.15, -0.1) is 0 Å². The minimum absolute atomic E-state index is 0.106. The van der Waals surface area contributed by atoms with Gasteiger partial charge in [0.2, 0.25) is 5.91 Å². The first-order valence-electron chi connectivity index (χ1n) is 4.59. The van der Waals surface area contributed by atoms with E-state index in [2.05, 4.69) is 6.07 Å². The summed E-state index contributed by atoms with van der Waals surface area (Å²) in [7, 11) is 1.75. The fraction of sp³-hybridized carbons (Fsp3) is 0.364. The summed E-state index contributed by atoms with van der Waals surface area (Å²) in [5.41, 5.74) is 0.812. The number of carbonyl (C=O) groups excluding carboxylic acids is 1. The third-order valence-corrected chi connectivity index (χ3v) is 2.19. The van der Waals surface area contributed by atoms with Crippen LogP contribution in [0.1, 0.15) is 19.8 Å². The summed E-state index contributed by atoms with van der Waals surface area (Å²) in [6, 6.07) is 8.09. The van der Waals surface area contributed by atoms with E-state index in [4.69, 9.17) is 11.6 Å². The number of hydrogen-bond donors (Lipinski definition) is 0. The number of hydrogen-bond acceptors (Lipinski definition) is 1. The zero-order chi connectivity index (χ0) is 10.6. The van der Waals surface area contributed by atoms with Crippen molar-refractivity contribution in [1.29, 1.82) is 0 Å². The van der Waals surface area contributed by atoms with Crippen LogP contribution >= 0.6 is 11.6 Å². The largest absolute Gasteiger partial charge is 0.315 e. The summed E-state index contributed by atoms with van der Waals surface area (Å²) in [6.45, 7) is 1.98. The van der Waals surface area contributed by atoms with Crippen LogP contribution in [-0.2, 0) is 4.79 Å². The van der Waals surface area contributed by atoms with Crippen molar-refractivity contribution in [3.05, 3.63) is 29.3 Å². The number of carbonyl (C=O) groups is 1. The van der Waals surface area contributed by atoms with Crippen molar-refractivity contribution in [3.8, 4) is 0 Å². The fourth-order valence-corrected chi connectivity index (χ4v) is 1.34. The molecule has 0 aliphatic rings. The molecule has 1 aromatic rings. The first kappa shape index (κ1) is 11.1. The molecule has 0 N–H and O–H groups in total. The Morgan fingerprint density at radius 2 is 2.36 bits per heavy atom. The summed E-state index contributed by atoms with van der Waals surface area (Å²) in [5, 5.41) is 0.527. The highest BCUT2D eigenvalue weighted by atomic mass is 35.5. The summed E-state index contributed by atoms with van der Waals surface area (Å²) < 4.78 is 0. The van der Waals surface area contributed by atoms with Crippen LogP contribution in [0.4, 0.5) is 5.69 Å². The van der Waals surface area contributed by atoms with E-state index in [1.807, 2.05) is 13.0 Å². The molecule has 0 aliphatic carbocycles. The van der Waals surface area contributed by atoms with E-state index in [0.29, 0.717) is 11.4 Å². The van der Waals surface area contributed by atoms with Crippen LogP contribution in [0.25, 0.3) is 0 Å². The van der Waals surface area contributed by atoms with Gasteiger partial charge in [-0.25, -0.2) is 0 Å². The lowest BCUT2D eigenvalue weighted by atomic mass is 10.2. The third-order valence-electron chi connectivity index (χ3n) is 1.98. The molecule has 0 aromatic heterocycles. The zero-order valence-electron chi connectivity index (χ0n) is 8.38. The van der Waals surface area contributed by atoms with Crippen LogP contribution in [0.15, 0.2) is 18.2 Å². The summed E-state index contributed by atoms with van der Waals surface area (Å²) in [6.07, 6.45) is 1.42. The molecule has 0 atom stereocenters. The topological polar surface area (TPSA) is 20.3 Å². The van der Waals surface area contributed by atoms with Crippen molar-refractivity contribution < 1.29 is 4.79 Å². The van der Waals surface area contributed by atoms with Crippen LogP contribution in [-0.4, -0.2) is 13.0 Å². The molecule has 0 bridgehead atoms. The Balaban J connectivity index is 2.78. The average Bonchev–Trinajstić information content (AvgIpc) is 2.17. The van der Waals surface area contributed by atoms with E-state index in [0.717, 1.165) is 12.1 Å². The van der Waals surface area contributed by atoms with Gasteiger partial charge in [0, 0.05) is 25.2 Å². The normalized spacial score (nSPS) is 9.93. The third kappa shape index (κ3) is 2.74. The molecule has 75 valence electrons. The van der Waals surface area contributed by atoms with E-state index >= 15 is 0 Å². The van der Waals surface area contributed by atoms with Gasteiger partial charge in [-0.3, -0.25) is 4.79 Å². The second kappa shape index (κ2) is 5.01. The smallest absolute Gasteiger partial charge is 0.226 e. The maximum absolute atomic E-state index is 11.5. The van der Waals surface area contributed by atoms with E-state index in [9.17, 15) is 4.79 Å². The van der Waals surface area contributed by atoms with Crippen molar-refractivity contribution in [2.45, 2.75) is 19.8 Å². The molecular weight excluding hydrogens is 198 g/mol. The molecule has 1 rings (SSSR count). The molecule has 1 amide bonds. The van der Waals surface area contributed by atoms with Gasteiger partial charge < -0.3 is 4.90 Å². The quantitative estimate of drug-likeness (QED) is 0.751. The molecule has 0 fully saturated rings. The summed E-state index contributed by atoms with van der Waals surface area (Å²) in [4.78, 5) is 13.1. The maximum atomic E-state index is 11.5. The number of nitrogens with zero attached hydrogens (tertiary/aromatic N) is 1. The predicted molar refractivity (Wildman–Crippen MR) is 58.6 cm³/mol. The molecule has 0 aliphatic heterocycles. The van der Waals surface area contributed by atoms with Crippen molar-refractivity contribution in [2.24, 2.45) is 0 Å². The van der Waals surface area contributed by atoms with Crippen molar-refractivity contribution in [1.82, 2.24) is 0 Å². The lowest BCUT2D eigenvalue weighted by Crippen LogP contribution is -2.25. The highest BCUT2D eigenvalue weighted by molar-refractivity contribution is 6.30. The SMILES string of the molecule is CCCC(=O)N(C)c1cc[c]c(Cl)c1. The highest BCUT2D eigenvalue weighted by Gasteiger charge is 2.09. The van der Waals surface area contributed by atoms with Crippen molar-refractivity contribution >= 4 is 23.2 Å². The zero-order valence-corrected chi connectivity index (χ0v) is 9.14. The number of halogens is 1. The molecule has 1 aromatic carbocycles. The van der Waals surface area contributed by atoms with Gasteiger partial charge in [0.15, 0.2) is 0 Å². The molecule has 14 heavy (non-hydrogen) atoms. The first-order valence-corrected chi connectivity index (χ1v) is 4.96. The van der Waals surface area contributed by atoms with Gasteiger partial charge in [-0.05, 0) is 18.6 Å². The molecule has 0 saturated heterocycles. The Labute approximate surface area is 89.5 Å². The molecule has 0 heterocycles. The molecule has 1 radical (unpaired) electrons. The van der Waals surface area contributed by atoms with Crippen LogP contribution in [0, 0.1) is 6.07 Å². The second-order valence-corrected chi connectivity index (χ2v) is 3.50. The van der Waals surface area contributed by atoms with Gasteiger partial charge in [-0.2, -0.15) is 0 Å². The highest BCUT2D eigenvalue weighted by Crippen LogP contribution is 2.18. The summed E-state index contributed by atoms with van der Waals surface area (Å²) in [5.74, 6) is 0.106. The fourth-order valence-electron chi connectivity index (χ4n) is 1.16. The van der Waals surface area contributed by atoms with Gasteiger partial charge in [-0.1, -0.05) is 24.6 Å². The van der Waals surface area contributed by atoms with Gasteiger partial charge in [0.1, 0.15) is 0 Å². The van der Waals surface area contributed by atoms with Crippen LogP contribution in [0.5, 0.6) is 0 Å². The Bertz CT molecular complexity index is 325. The van der Waals surface area contributed by atoms with Crippen LogP contribution in [0.3, 0.4) is 0 Å². The van der Waals surface area contributed by atoms with E-state index in [1.54, 1.807) is 24.1 Å². The molecule has 2 nitrogen and oxygen atoms in total. The number of amides is 1. The van der Waals surface area contributed by atoms with E-state index in [-0.39, 0.29) is 5.91 Å². The minimum Gasteiger partial charge on any atom is -0.315 e. The van der Waals surface area contributed by atoms with Gasteiger partial charge in [0.25, 0.3) is 0 Å². The van der Waals surface area contributed by atoms with Crippen LogP contribution < -0.4 is 4.90 Å². The molecule has 0 spiro atoms. The molecule has 0 saturated carbocycles. The first-order chi connectivity index (χ1) is 6.65. The Kier molecular flexibility index (Phi) is 3.96. The number of anilines is 1. The molecular formula is C11H13ClNO. The summed E-state index contributed by atoms with van der Waals surface area (Å²) >= 11 is 5.78. The maximum Gasteiger partial charge on any atom is 0.226 e. The number of rotatable bonds is 3. The Morgan fingerprint density at radius 1 is 1.64 bits per heavy atom. The average molecular weight is 211 g/mol. The molecule has 0 unspecified atom stereocenters. The van der Waals surface area contributed by atoms with Crippen molar-refractivity contribution in [3.63, 3.8) is 0 Å². The van der Waals surface area contributed by atoms with E-state index in [1.165, 1.54) is 0 Å². The van der Waals surface area contributed by atoms with Crippen LogP contribution in [0.2, 0.25) is 5.02 Å². The lowest BCUT2D eigenvalue weighted by molar-refractivity contribution is -0.118. The Morgan fingerprint density at radius 3 is 2.93 bits per heavy atom. The Hall–Kier alpha value is -1.02. The predicted octanol–water partition coefficient (Wildman–Crippen LogP) is 2.90. The minimum atomic E-state index is 0.106. The van der Waals surface area contributed by atoms with E-state index < -0.39 is 0 Å². The number of benzene rings is 1. The van der Waals surface area contributed by atoms with Gasteiger partial charge >= 0.3 is 0 Å². The van der Waals surface area contributed by atoms with Crippen molar-refractivity contribution in [2.75, 3.05) is 11.9 Å². The monoisotopic (exact) mass is 210 g/mol.